The third-order valence-electron chi connectivity index (χ3n) is 4.16. The average Bonchev–Trinajstić information content (AvgIpc) is 3.25. The van der Waals surface area contributed by atoms with Crippen LogP contribution in [0.25, 0.3) is 0 Å². The van der Waals surface area contributed by atoms with Crippen molar-refractivity contribution in [2.45, 2.75) is 25.7 Å². The topological polar surface area (TPSA) is 92.3 Å². The number of anilines is 1. The number of imide groups is 1. The van der Waals surface area contributed by atoms with Gasteiger partial charge in [-0.05, 0) is 35.6 Å². The highest BCUT2D eigenvalue weighted by Gasteiger charge is 2.30. The normalized spacial score (nSPS) is 16.4. The number of benzene rings is 1. The van der Waals surface area contributed by atoms with E-state index in [1.807, 2.05) is 23.6 Å². The largest absolute Gasteiger partial charge is 0.326 e. The van der Waals surface area contributed by atoms with Crippen LogP contribution in [0.5, 0.6) is 0 Å². The first-order valence-corrected chi connectivity index (χ1v) is 9.18. The molecule has 0 spiro atoms. The number of Topliss-reactive ketones (excluding diaryl/α,β-unsaturated/α-hetero) is 1. The molecule has 1 aromatic carbocycles. The molecule has 1 aliphatic heterocycles. The molecule has 0 aliphatic carbocycles. The molecule has 2 N–H and O–H groups in total. The zero-order valence-electron chi connectivity index (χ0n) is 14.0. The van der Waals surface area contributed by atoms with Gasteiger partial charge in [0.05, 0.1) is 10.8 Å². The van der Waals surface area contributed by atoms with Crippen molar-refractivity contribution in [2.24, 2.45) is 5.92 Å². The Morgan fingerprint density at radius 1 is 1.12 bits per heavy atom. The van der Waals surface area contributed by atoms with Crippen molar-refractivity contribution in [1.29, 1.82) is 0 Å². The second-order valence-electron chi connectivity index (χ2n) is 6.16. The maximum absolute atomic E-state index is 12.0. The minimum atomic E-state index is -0.328. The number of amides is 3. The van der Waals surface area contributed by atoms with Crippen molar-refractivity contribution in [3.05, 3.63) is 52.2 Å². The van der Waals surface area contributed by atoms with E-state index < -0.39 is 0 Å². The van der Waals surface area contributed by atoms with Crippen LogP contribution in [0.15, 0.2) is 41.8 Å². The van der Waals surface area contributed by atoms with Crippen LogP contribution in [0.2, 0.25) is 0 Å². The highest BCUT2D eigenvalue weighted by molar-refractivity contribution is 7.12. The molecule has 1 aliphatic rings. The van der Waals surface area contributed by atoms with Gasteiger partial charge in [0.2, 0.25) is 17.7 Å². The predicted octanol–water partition coefficient (Wildman–Crippen LogP) is 2.55. The third-order valence-corrected chi connectivity index (χ3v) is 5.07. The van der Waals surface area contributed by atoms with E-state index in [0.29, 0.717) is 17.0 Å². The van der Waals surface area contributed by atoms with Crippen LogP contribution >= 0.6 is 11.3 Å². The fourth-order valence-corrected chi connectivity index (χ4v) is 3.49. The monoisotopic (exact) mass is 370 g/mol. The Morgan fingerprint density at radius 3 is 2.50 bits per heavy atom. The highest BCUT2D eigenvalue weighted by Crippen LogP contribution is 2.19. The number of hydrogen-bond donors (Lipinski definition) is 2. The van der Waals surface area contributed by atoms with E-state index in [1.165, 1.54) is 11.3 Å². The van der Waals surface area contributed by atoms with Gasteiger partial charge in [0.25, 0.3) is 0 Å². The molecule has 7 heteroatoms. The Labute approximate surface area is 154 Å². The van der Waals surface area contributed by atoms with Gasteiger partial charge in [-0.1, -0.05) is 18.2 Å². The predicted molar refractivity (Wildman–Crippen MR) is 97.9 cm³/mol. The number of carbonyl (C=O) groups excluding carboxylic acids is 4. The Morgan fingerprint density at radius 2 is 1.88 bits per heavy atom. The molecule has 1 aromatic heterocycles. The second-order valence-corrected chi connectivity index (χ2v) is 7.11. The van der Waals surface area contributed by atoms with Crippen LogP contribution < -0.4 is 10.6 Å². The standard InChI is InChI=1S/C19H18N2O4S/c22-15(16-2-1-9-26-16)7-8-17(23)20-14-5-3-12(4-6-14)10-13-11-18(24)21-19(13)25/h1-6,9,13H,7-8,10-11H2,(H,20,23)(H,21,24,25). The zero-order chi connectivity index (χ0) is 18.5. The minimum absolute atomic E-state index is 0.0325. The number of ketones is 1. The zero-order valence-corrected chi connectivity index (χ0v) is 14.8. The molecule has 6 nitrogen and oxygen atoms in total. The first-order chi connectivity index (χ1) is 12.5. The van der Waals surface area contributed by atoms with Gasteiger partial charge < -0.3 is 5.32 Å². The molecule has 1 unspecified atom stereocenters. The summed E-state index contributed by atoms with van der Waals surface area (Å²) < 4.78 is 0. The Hall–Kier alpha value is -2.80. The van der Waals surface area contributed by atoms with Crippen LogP contribution in [-0.4, -0.2) is 23.5 Å². The van der Waals surface area contributed by atoms with E-state index in [2.05, 4.69) is 10.6 Å². The first kappa shape index (κ1) is 18.0. The molecular weight excluding hydrogens is 352 g/mol. The molecule has 1 atom stereocenters. The van der Waals surface area contributed by atoms with Gasteiger partial charge in [0.1, 0.15) is 0 Å². The van der Waals surface area contributed by atoms with Gasteiger partial charge in [0.15, 0.2) is 5.78 Å². The summed E-state index contributed by atoms with van der Waals surface area (Å²) in [5.74, 6) is -1.05. The molecule has 3 rings (SSSR count). The fourth-order valence-electron chi connectivity index (χ4n) is 2.79. The maximum Gasteiger partial charge on any atom is 0.230 e. The van der Waals surface area contributed by atoms with Crippen LogP contribution in [0, 0.1) is 5.92 Å². The summed E-state index contributed by atoms with van der Waals surface area (Å²) >= 11 is 1.37. The smallest absolute Gasteiger partial charge is 0.230 e. The lowest BCUT2D eigenvalue weighted by Gasteiger charge is -2.08. The summed E-state index contributed by atoms with van der Waals surface area (Å²) in [5, 5.41) is 6.89. The van der Waals surface area contributed by atoms with E-state index in [1.54, 1.807) is 18.2 Å². The molecule has 0 bridgehead atoms. The van der Waals surface area contributed by atoms with E-state index in [0.717, 1.165) is 5.56 Å². The lowest BCUT2D eigenvalue weighted by atomic mass is 9.98. The molecule has 3 amide bonds. The number of nitrogens with one attached hydrogen (secondary N) is 2. The molecule has 1 saturated heterocycles. The molecule has 2 aromatic rings. The van der Waals surface area contributed by atoms with Crippen molar-refractivity contribution < 1.29 is 19.2 Å². The Bertz CT molecular complexity index is 828. The van der Waals surface area contributed by atoms with Crippen molar-refractivity contribution in [1.82, 2.24) is 5.32 Å². The summed E-state index contributed by atoms with van der Waals surface area (Å²) in [7, 11) is 0. The number of hydrogen-bond acceptors (Lipinski definition) is 5. The molecule has 1 fully saturated rings. The van der Waals surface area contributed by atoms with E-state index in [-0.39, 0.29) is 48.7 Å². The molecule has 0 saturated carbocycles. The van der Waals surface area contributed by atoms with Crippen molar-refractivity contribution in [2.75, 3.05) is 5.32 Å². The third kappa shape index (κ3) is 4.64. The van der Waals surface area contributed by atoms with E-state index >= 15 is 0 Å². The van der Waals surface area contributed by atoms with Crippen molar-refractivity contribution >= 4 is 40.5 Å². The first-order valence-electron chi connectivity index (χ1n) is 8.30. The van der Waals surface area contributed by atoms with E-state index in [9.17, 15) is 19.2 Å². The average molecular weight is 370 g/mol. The molecule has 26 heavy (non-hydrogen) atoms. The van der Waals surface area contributed by atoms with Gasteiger partial charge in [-0.3, -0.25) is 24.5 Å². The van der Waals surface area contributed by atoms with Crippen LogP contribution in [-0.2, 0) is 20.8 Å². The molecule has 134 valence electrons. The SMILES string of the molecule is O=C1CC(Cc2ccc(NC(=O)CCC(=O)c3cccs3)cc2)C(=O)N1. The highest BCUT2D eigenvalue weighted by atomic mass is 32.1. The van der Waals surface area contributed by atoms with Crippen LogP contribution in [0.4, 0.5) is 5.69 Å². The van der Waals surface area contributed by atoms with Gasteiger partial charge in [-0.2, -0.15) is 0 Å². The summed E-state index contributed by atoms with van der Waals surface area (Å²) in [6.45, 7) is 0. The summed E-state index contributed by atoms with van der Waals surface area (Å²) in [4.78, 5) is 47.3. The fraction of sp³-hybridized carbons (Fsp3) is 0.263. The van der Waals surface area contributed by atoms with Crippen molar-refractivity contribution in [3.63, 3.8) is 0 Å². The molecular formula is C19H18N2O4S. The van der Waals surface area contributed by atoms with Gasteiger partial charge in [-0.15, -0.1) is 11.3 Å². The van der Waals surface area contributed by atoms with Crippen LogP contribution in [0.3, 0.4) is 0 Å². The van der Waals surface area contributed by atoms with Crippen molar-refractivity contribution in [3.8, 4) is 0 Å². The van der Waals surface area contributed by atoms with E-state index in [4.69, 9.17) is 0 Å². The summed E-state index contributed by atoms with van der Waals surface area (Å²) in [6, 6.07) is 10.7. The Balaban J connectivity index is 1.47. The lowest BCUT2D eigenvalue weighted by molar-refractivity contribution is -0.125. The number of carbonyl (C=O) groups is 4. The van der Waals surface area contributed by atoms with Gasteiger partial charge >= 0.3 is 0 Å². The number of rotatable bonds is 7. The molecule has 0 radical (unpaired) electrons. The summed E-state index contributed by atoms with van der Waals surface area (Å²) in [5.41, 5.74) is 1.56. The maximum atomic E-state index is 12.0. The van der Waals surface area contributed by atoms with Gasteiger partial charge in [0, 0.05) is 24.9 Å². The lowest BCUT2D eigenvalue weighted by Crippen LogP contribution is -2.22. The minimum Gasteiger partial charge on any atom is -0.326 e. The molecule has 2 heterocycles. The second kappa shape index (κ2) is 8.05. The Kier molecular flexibility index (Phi) is 5.58. The van der Waals surface area contributed by atoms with Gasteiger partial charge in [-0.25, -0.2) is 0 Å². The number of thiophene rings is 1. The quantitative estimate of drug-likeness (QED) is 0.579. The summed E-state index contributed by atoms with van der Waals surface area (Å²) in [6.07, 6.45) is 1.01. The van der Waals surface area contributed by atoms with Crippen LogP contribution in [0.1, 0.15) is 34.5 Å².